The molecule has 2 saturated heterocycles. The Hall–Kier alpha value is -0.220. The van der Waals surface area contributed by atoms with Crippen LogP contribution in [0.15, 0.2) is 0 Å². The molecule has 0 aromatic rings. The first-order valence-corrected chi connectivity index (χ1v) is 7.56. The zero-order valence-corrected chi connectivity index (χ0v) is 12.5. The van der Waals surface area contributed by atoms with Gasteiger partial charge in [-0.15, -0.1) is 0 Å². The van der Waals surface area contributed by atoms with Crippen molar-refractivity contribution in [3.8, 4) is 0 Å². The SMILES string of the molecule is CCCCC(C)(C)OCC12CCCN1CC(F)(F)C2. The van der Waals surface area contributed by atoms with Crippen molar-refractivity contribution in [2.24, 2.45) is 0 Å². The van der Waals surface area contributed by atoms with Crippen LogP contribution in [-0.4, -0.2) is 41.7 Å². The van der Waals surface area contributed by atoms with Gasteiger partial charge < -0.3 is 4.74 Å². The number of rotatable bonds is 6. The van der Waals surface area contributed by atoms with Crippen molar-refractivity contribution >= 4 is 0 Å². The highest BCUT2D eigenvalue weighted by molar-refractivity contribution is 5.06. The number of unbranched alkanes of at least 4 members (excludes halogenated alkanes) is 1. The molecule has 112 valence electrons. The van der Waals surface area contributed by atoms with Crippen LogP contribution in [0.2, 0.25) is 0 Å². The van der Waals surface area contributed by atoms with Crippen molar-refractivity contribution in [2.45, 2.75) is 76.4 Å². The van der Waals surface area contributed by atoms with Crippen LogP contribution in [0.1, 0.15) is 59.3 Å². The van der Waals surface area contributed by atoms with E-state index in [-0.39, 0.29) is 18.6 Å². The summed E-state index contributed by atoms with van der Waals surface area (Å²) >= 11 is 0. The van der Waals surface area contributed by atoms with Crippen LogP contribution in [0.3, 0.4) is 0 Å². The molecule has 0 amide bonds. The van der Waals surface area contributed by atoms with E-state index < -0.39 is 11.5 Å². The van der Waals surface area contributed by atoms with Crippen LogP contribution in [0.25, 0.3) is 0 Å². The van der Waals surface area contributed by atoms with Gasteiger partial charge in [0.25, 0.3) is 5.92 Å². The van der Waals surface area contributed by atoms with Crippen LogP contribution in [0.5, 0.6) is 0 Å². The summed E-state index contributed by atoms with van der Waals surface area (Å²) in [5.41, 5.74) is -0.593. The molecule has 0 bridgehead atoms. The van der Waals surface area contributed by atoms with Gasteiger partial charge in [0.15, 0.2) is 0 Å². The fourth-order valence-corrected chi connectivity index (χ4v) is 3.48. The smallest absolute Gasteiger partial charge is 0.262 e. The number of halogens is 2. The molecule has 0 spiro atoms. The van der Waals surface area contributed by atoms with Crippen molar-refractivity contribution in [2.75, 3.05) is 19.7 Å². The average molecular weight is 275 g/mol. The Morgan fingerprint density at radius 3 is 2.74 bits per heavy atom. The summed E-state index contributed by atoms with van der Waals surface area (Å²) in [4.78, 5) is 1.96. The quantitative estimate of drug-likeness (QED) is 0.730. The molecule has 2 fully saturated rings. The van der Waals surface area contributed by atoms with Crippen LogP contribution >= 0.6 is 0 Å². The van der Waals surface area contributed by atoms with Crippen LogP contribution in [0.4, 0.5) is 8.78 Å². The van der Waals surface area contributed by atoms with Crippen LogP contribution < -0.4 is 0 Å². The van der Waals surface area contributed by atoms with Crippen LogP contribution in [-0.2, 0) is 4.74 Å². The van der Waals surface area contributed by atoms with E-state index in [0.29, 0.717) is 6.61 Å². The van der Waals surface area contributed by atoms with E-state index >= 15 is 0 Å². The van der Waals surface area contributed by atoms with Gasteiger partial charge in [-0.3, -0.25) is 4.90 Å². The molecule has 2 aliphatic rings. The monoisotopic (exact) mass is 275 g/mol. The fourth-order valence-electron chi connectivity index (χ4n) is 3.48. The molecule has 1 unspecified atom stereocenters. The number of nitrogens with zero attached hydrogens (tertiary/aromatic N) is 1. The molecule has 2 nitrogen and oxygen atoms in total. The minimum Gasteiger partial charge on any atom is -0.374 e. The largest absolute Gasteiger partial charge is 0.374 e. The van der Waals surface area contributed by atoms with Gasteiger partial charge in [0, 0.05) is 6.42 Å². The van der Waals surface area contributed by atoms with Gasteiger partial charge >= 0.3 is 0 Å². The molecule has 0 aliphatic carbocycles. The summed E-state index contributed by atoms with van der Waals surface area (Å²) < 4.78 is 33.3. The minimum atomic E-state index is -2.53. The third kappa shape index (κ3) is 3.46. The maximum absolute atomic E-state index is 13.6. The Bertz CT molecular complexity index is 319. The predicted molar refractivity (Wildman–Crippen MR) is 72.7 cm³/mol. The minimum absolute atomic E-state index is 0.0240. The maximum atomic E-state index is 13.6. The molecule has 1 atom stereocenters. The lowest BCUT2D eigenvalue weighted by Crippen LogP contribution is -2.45. The second-order valence-corrected chi connectivity index (χ2v) is 6.93. The molecule has 4 heteroatoms. The molecule has 2 aliphatic heterocycles. The van der Waals surface area contributed by atoms with Crippen molar-refractivity contribution < 1.29 is 13.5 Å². The fraction of sp³-hybridized carbons (Fsp3) is 1.00. The van der Waals surface area contributed by atoms with Crippen molar-refractivity contribution in [3.05, 3.63) is 0 Å². The number of ether oxygens (including phenoxy) is 1. The molecule has 0 aromatic carbocycles. The highest BCUT2D eigenvalue weighted by Gasteiger charge is 2.56. The van der Waals surface area contributed by atoms with E-state index in [0.717, 1.165) is 38.6 Å². The van der Waals surface area contributed by atoms with Gasteiger partial charge in [-0.25, -0.2) is 8.78 Å². The Kier molecular flexibility index (Phi) is 4.22. The lowest BCUT2D eigenvalue weighted by atomic mass is 9.93. The second-order valence-electron chi connectivity index (χ2n) is 6.93. The van der Waals surface area contributed by atoms with Crippen LogP contribution in [0, 0.1) is 0 Å². The molecule has 19 heavy (non-hydrogen) atoms. The van der Waals surface area contributed by atoms with E-state index in [9.17, 15) is 8.78 Å². The summed E-state index contributed by atoms with van der Waals surface area (Å²) in [7, 11) is 0. The van der Waals surface area contributed by atoms with Gasteiger partial charge in [-0.05, 0) is 39.7 Å². The zero-order chi connectivity index (χ0) is 14.1. The summed E-state index contributed by atoms with van der Waals surface area (Å²) in [6.07, 6.45) is 5.11. The number of alkyl halides is 2. The summed E-state index contributed by atoms with van der Waals surface area (Å²) in [6.45, 7) is 7.49. The van der Waals surface area contributed by atoms with Gasteiger partial charge in [-0.2, -0.15) is 0 Å². The normalized spacial score (nSPS) is 30.8. The molecule has 2 heterocycles. The first-order valence-electron chi connectivity index (χ1n) is 7.56. The van der Waals surface area contributed by atoms with Crippen molar-refractivity contribution in [1.29, 1.82) is 0 Å². The maximum Gasteiger partial charge on any atom is 0.262 e. The standard InChI is InChI=1S/C15H27F2NO/c1-4-5-7-13(2,3)19-12-14-8-6-9-18(14)11-15(16,17)10-14/h4-12H2,1-3H3. The topological polar surface area (TPSA) is 12.5 Å². The Balaban J connectivity index is 1.94. The van der Waals surface area contributed by atoms with Gasteiger partial charge in [0.1, 0.15) is 0 Å². The van der Waals surface area contributed by atoms with E-state index in [1.165, 1.54) is 0 Å². The molecule has 0 aromatic heterocycles. The number of hydrogen-bond donors (Lipinski definition) is 0. The summed E-state index contributed by atoms with van der Waals surface area (Å²) in [5, 5.41) is 0. The predicted octanol–water partition coefficient (Wildman–Crippen LogP) is 3.85. The Labute approximate surface area is 115 Å². The lowest BCUT2D eigenvalue weighted by Gasteiger charge is -2.35. The van der Waals surface area contributed by atoms with Gasteiger partial charge in [0.05, 0.1) is 24.3 Å². The molecule has 0 saturated carbocycles. The third-order valence-electron chi connectivity index (χ3n) is 4.61. The zero-order valence-electron chi connectivity index (χ0n) is 12.5. The Morgan fingerprint density at radius 2 is 2.05 bits per heavy atom. The summed E-state index contributed by atoms with van der Waals surface area (Å²) in [5.74, 6) is -2.53. The van der Waals surface area contributed by atoms with Gasteiger partial charge in [0.2, 0.25) is 0 Å². The first kappa shape index (κ1) is 15.2. The van der Waals surface area contributed by atoms with E-state index in [1.54, 1.807) is 0 Å². The highest BCUT2D eigenvalue weighted by atomic mass is 19.3. The first-order chi connectivity index (χ1) is 8.79. The van der Waals surface area contributed by atoms with E-state index in [4.69, 9.17) is 4.74 Å². The second kappa shape index (κ2) is 5.28. The lowest BCUT2D eigenvalue weighted by molar-refractivity contribution is -0.0705. The van der Waals surface area contributed by atoms with Gasteiger partial charge in [-0.1, -0.05) is 19.8 Å². The van der Waals surface area contributed by atoms with Crippen molar-refractivity contribution in [1.82, 2.24) is 4.90 Å². The summed E-state index contributed by atoms with van der Waals surface area (Å²) in [6, 6.07) is 0. The number of fused-ring (bicyclic) bond motifs is 1. The van der Waals surface area contributed by atoms with E-state index in [2.05, 4.69) is 20.8 Å². The molecular weight excluding hydrogens is 248 g/mol. The van der Waals surface area contributed by atoms with E-state index in [1.807, 2.05) is 4.90 Å². The Morgan fingerprint density at radius 1 is 1.32 bits per heavy atom. The average Bonchev–Trinajstić information content (AvgIpc) is 2.77. The molecular formula is C15H27F2NO. The van der Waals surface area contributed by atoms with Crippen molar-refractivity contribution in [3.63, 3.8) is 0 Å². The third-order valence-corrected chi connectivity index (χ3v) is 4.61. The highest BCUT2D eigenvalue weighted by Crippen LogP contribution is 2.46. The molecule has 2 rings (SSSR count). The molecule has 0 radical (unpaired) electrons. The molecule has 0 N–H and O–H groups in total. The number of hydrogen-bond acceptors (Lipinski definition) is 2.